The van der Waals surface area contributed by atoms with Gasteiger partial charge in [-0.1, -0.05) is 12.1 Å². The lowest BCUT2D eigenvalue weighted by Gasteiger charge is -2.11. The van der Waals surface area contributed by atoms with Crippen LogP contribution < -0.4 is 0 Å². The fourth-order valence-corrected chi connectivity index (χ4v) is 3.33. The number of carbonyl (C=O) groups is 1. The predicted octanol–water partition coefficient (Wildman–Crippen LogP) is 3.05. The molecule has 94 valence electrons. The van der Waals surface area contributed by atoms with E-state index in [-0.39, 0.29) is 11.8 Å². The van der Waals surface area contributed by atoms with Crippen LogP contribution in [0.4, 0.5) is 0 Å². The van der Waals surface area contributed by atoms with Crippen LogP contribution in [-0.4, -0.2) is 16.8 Å². The van der Waals surface area contributed by atoms with Crippen LogP contribution in [0.1, 0.15) is 30.4 Å². The topological polar surface area (TPSA) is 61.1 Å². The second-order valence-corrected chi connectivity index (χ2v) is 5.86. The van der Waals surface area contributed by atoms with E-state index in [4.69, 9.17) is 10.4 Å². The highest BCUT2D eigenvalue weighted by Gasteiger charge is 2.43. The van der Waals surface area contributed by atoms with Crippen molar-refractivity contribution in [3.63, 3.8) is 0 Å². The molecule has 1 fully saturated rings. The quantitative estimate of drug-likeness (QED) is 0.855. The first-order chi connectivity index (χ1) is 8.63. The van der Waals surface area contributed by atoms with Gasteiger partial charge in [0.05, 0.1) is 18.1 Å². The number of benzene rings is 1. The van der Waals surface area contributed by atoms with Gasteiger partial charge in [0.15, 0.2) is 0 Å². The van der Waals surface area contributed by atoms with Crippen molar-refractivity contribution in [2.75, 3.05) is 5.75 Å². The summed E-state index contributed by atoms with van der Waals surface area (Å²) in [6.07, 6.45) is 2.35. The molecule has 18 heavy (non-hydrogen) atoms. The smallest absolute Gasteiger partial charge is 0.303 e. The summed E-state index contributed by atoms with van der Waals surface area (Å²) in [6.45, 7) is 0. The van der Waals surface area contributed by atoms with Gasteiger partial charge in [0.1, 0.15) is 0 Å². The largest absolute Gasteiger partial charge is 0.481 e. The molecule has 4 heteroatoms. The lowest BCUT2D eigenvalue weighted by Crippen LogP contribution is -2.11. The molecular weight excluding hydrogens is 246 g/mol. The predicted molar refractivity (Wildman–Crippen MR) is 71.2 cm³/mol. The molecule has 1 aliphatic carbocycles. The normalized spacial score (nSPS) is 15.9. The second kappa shape index (κ2) is 5.45. The maximum absolute atomic E-state index is 10.7. The maximum Gasteiger partial charge on any atom is 0.303 e. The summed E-state index contributed by atoms with van der Waals surface area (Å²) in [5, 5.41) is 17.6. The molecule has 0 bridgehead atoms. The first kappa shape index (κ1) is 13.0. The molecule has 1 N–H and O–H groups in total. The van der Waals surface area contributed by atoms with Crippen molar-refractivity contribution in [3.8, 4) is 6.07 Å². The molecule has 0 unspecified atom stereocenters. The van der Waals surface area contributed by atoms with Crippen molar-refractivity contribution in [1.82, 2.24) is 0 Å². The molecule has 0 radical (unpaired) electrons. The maximum atomic E-state index is 10.7. The van der Waals surface area contributed by atoms with E-state index in [1.807, 2.05) is 18.2 Å². The van der Waals surface area contributed by atoms with Crippen LogP contribution >= 0.6 is 11.8 Å². The summed E-state index contributed by atoms with van der Waals surface area (Å²) >= 11 is 1.76. The fourth-order valence-electron chi connectivity index (χ4n) is 1.99. The van der Waals surface area contributed by atoms with Crippen LogP contribution in [-0.2, 0) is 10.5 Å². The monoisotopic (exact) mass is 261 g/mol. The Morgan fingerprint density at radius 3 is 2.89 bits per heavy atom. The first-order valence-corrected chi connectivity index (χ1v) is 7.08. The first-order valence-electron chi connectivity index (χ1n) is 5.92. The van der Waals surface area contributed by atoms with Crippen molar-refractivity contribution in [2.45, 2.75) is 25.0 Å². The standard InChI is InChI=1S/C14H15NO2S/c15-8-11-2-1-3-12(6-11)9-18-10-14(4-5-14)7-13(16)17/h1-3,6H,4-5,7,9-10H2,(H,16,17). The van der Waals surface area contributed by atoms with E-state index in [1.165, 1.54) is 0 Å². The zero-order valence-corrected chi connectivity index (χ0v) is 10.9. The number of hydrogen-bond acceptors (Lipinski definition) is 3. The van der Waals surface area contributed by atoms with Gasteiger partial charge in [-0.3, -0.25) is 4.79 Å². The number of hydrogen-bond donors (Lipinski definition) is 1. The summed E-state index contributed by atoms with van der Waals surface area (Å²) in [5.41, 5.74) is 1.86. The van der Waals surface area contributed by atoms with Crippen molar-refractivity contribution in [2.24, 2.45) is 5.41 Å². The van der Waals surface area contributed by atoms with Gasteiger partial charge in [0.25, 0.3) is 0 Å². The van der Waals surface area contributed by atoms with E-state index in [0.29, 0.717) is 5.56 Å². The van der Waals surface area contributed by atoms with E-state index in [2.05, 4.69) is 6.07 Å². The van der Waals surface area contributed by atoms with Crippen LogP contribution in [0.3, 0.4) is 0 Å². The third kappa shape index (κ3) is 3.51. The van der Waals surface area contributed by atoms with Gasteiger partial charge in [0.2, 0.25) is 0 Å². The highest BCUT2D eigenvalue weighted by Crippen LogP contribution is 2.51. The molecule has 0 amide bonds. The van der Waals surface area contributed by atoms with Gasteiger partial charge in [-0.05, 0) is 41.7 Å². The number of thioether (sulfide) groups is 1. The van der Waals surface area contributed by atoms with Gasteiger partial charge in [-0.15, -0.1) is 0 Å². The third-order valence-electron chi connectivity index (χ3n) is 3.22. The lowest BCUT2D eigenvalue weighted by molar-refractivity contribution is -0.138. The van der Waals surface area contributed by atoms with E-state index in [0.717, 1.165) is 29.9 Å². The van der Waals surface area contributed by atoms with Gasteiger partial charge in [-0.25, -0.2) is 0 Å². The minimum atomic E-state index is -0.695. The number of nitriles is 1. The average Bonchev–Trinajstić information content (AvgIpc) is 3.08. The molecule has 1 aromatic rings. The van der Waals surface area contributed by atoms with Gasteiger partial charge in [0, 0.05) is 5.75 Å². The molecule has 0 saturated heterocycles. The molecule has 0 spiro atoms. The summed E-state index contributed by atoms with van der Waals surface area (Å²) in [5.74, 6) is 1.05. The molecule has 0 heterocycles. The van der Waals surface area contributed by atoms with Gasteiger partial charge >= 0.3 is 5.97 Å². The minimum Gasteiger partial charge on any atom is -0.481 e. The highest BCUT2D eigenvalue weighted by atomic mass is 32.2. The van der Waals surface area contributed by atoms with E-state index < -0.39 is 5.97 Å². The van der Waals surface area contributed by atoms with E-state index in [1.54, 1.807) is 17.8 Å². The highest BCUT2D eigenvalue weighted by molar-refractivity contribution is 7.98. The lowest BCUT2D eigenvalue weighted by atomic mass is 10.1. The molecule has 0 aromatic heterocycles. The molecular formula is C14H15NO2S. The Balaban J connectivity index is 1.82. The number of carboxylic acids is 1. The van der Waals surface area contributed by atoms with E-state index >= 15 is 0 Å². The zero-order valence-electron chi connectivity index (χ0n) is 10.1. The third-order valence-corrected chi connectivity index (χ3v) is 4.57. The fraction of sp³-hybridized carbons (Fsp3) is 0.429. The van der Waals surface area contributed by atoms with Crippen LogP contribution in [0, 0.1) is 16.7 Å². The average molecular weight is 261 g/mol. The molecule has 1 aromatic carbocycles. The number of carboxylic acid groups (broad SMARTS) is 1. The number of rotatable bonds is 6. The summed E-state index contributed by atoms with van der Waals surface area (Å²) in [4.78, 5) is 10.7. The number of nitrogens with zero attached hydrogens (tertiary/aromatic N) is 1. The van der Waals surface area contributed by atoms with Crippen LogP contribution in [0.5, 0.6) is 0 Å². The molecule has 3 nitrogen and oxygen atoms in total. The Morgan fingerprint density at radius 2 is 2.28 bits per heavy atom. The van der Waals surface area contributed by atoms with Crippen molar-refractivity contribution in [1.29, 1.82) is 5.26 Å². The Morgan fingerprint density at radius 1 is 1.50 bits per heavy atom. The second-order valence-electron chi connectivity index (χ2n) is 4.88. The minimum absolute atomic E-state index is 0.0450. The Hall–Kier alpha value is -1.47. The van der Waals surface area contributed by atoms with Crippen LogP contribution in [0.25, 0.3) is 0 Å². The number of aliphatic carboxylic acids is 1. The molecule has 1 aliphatic rings. The van der Waals surface area contributed by atoms with Crippen molar-refractivity contribution in [3.05, 3.63) is 35.4 Å². The summed E-state index contributed by atoms with van der Waals surface area (Å²) in [7, 11) is 0. The van der Waals surface area contributed by atoms with Crippen LogP contribution in [0.15, 0.2) is 24.3 Å². The van der Waals surface area contributed by atoms with Crippen LogP contribution in [0.2, 0.25) is 0 Å². The SMILES string of the molecule is N#Cc1cccc(CSCC2(CC(=O)O)CC2)c1. The van der Waals surface area contributed by atoms with Crippen molar-refractivity contribution >= 4 is 17.7 Å². The van der Waals surface area contributed by atoms with E-state index in [9.17, 15) is 4.79 Å². The molecule has 2 rings (SSSR count). The zero-order chi connectivity index (χ0) is 13.0. The summed E-state index contributed by atoms with van der Waals surface area (Å²) < 4.78 is 0. The Bertz CT molecular complexity index is 489. The Labute approximate surface area is 111 Å². The van der Waals surface area contributed by atoms with Crippen molar-refractivity contribution < 1.29 is 9.90 Å². The molecule has 1 saturated carbocycles. The molecule has 0 atom stereocenters. The Kier molecular flexibility index (Phi) is 3.93. The van der Waals surface area contributed by atoms with Gasteiger partial charge < -0.3 is 5.11 Å². The van der Waals surface area contributed by atoms with Gasteiger partial charge in [-0.2, -0.15) is 17.0 Å². The molecule has 0 aliphatic heterocycles. The summed E-state index contributed by atoms with van der Waals surface area (Å²) in [6, 6.07) is 9.70.